The highest BCUT2D eigenvalue weighted by Crippen LogP contribution is 2.32. The Labute approximate surface area is 251 Å². The Morgan fingerprint density at radius 1 is 0.952 bits per heavy atom. The van der Waals surface area contributed by atoms with Crippen LogP contribution in [0.1, 0.15) is 87.5 Å². The van der Waals surface area contributed by atoms with E-state index in [2.05, 4.69) is 43.6 Å². The van der Waals surface area contributed by atoms with Gasteiger partial charge in [-0.3, -0.25) is 24.0 Å². The molecule has 2 aliphatic rings. The summed E-state index contributed by atoms with van der Waals surface area (Å²) in [6.07, 6.45) is 3.59. The summed E-state index contributed by atoms with van der Waals surface area (Å²) in [5.41, 5.74) is 5.01. The van der Waals surface area contributed by atoms with Crippen LogP contribution >= 0.6 is 0 Å². The van der Waals surface area contributed by atoms with Gasteiger partial charge >= 0.3 is 6.03 Å². The lowest BCUT2D eigenvalue weighted by atomic mass is 9.80. The van der Waals surface area contributed by atoms with E-state index in [0.717, 1.165) is 19.3 Å². The normalized spacial score (nSPS) is 20.2. The molecule has 0 aromatic rings. The molecule has 2 fully saturated rings. The third kappa shape index (κ3) is 12.4. The molecule has 0 aromatic heterocycles. The van der Waals surface area contributed by atoms with Gasteiger partial charge in [0, 0.05) is 20.6 Å². The van der Waals surface area contributed by atoms with Crippen LogP contribution in [0, 0.1) is 22.7 Å². The summed E-state index contributed by atoms with van der Waals surface area (Å²) in [7, 11) is 3.13. The minimum absolute atomic E-state index is 0.00350. The van der Waals surface area contributed by atoms with E-state index in [1.165, 1.54) is 9.80 Å². The van der Waals surface area contributed by atoms with E-state index < -0.39 is 53.1 Å². The zero-order chi connectivity index (χ0) is 32.6. The van der Waals surface area contributed by atoms with Gasteiger partial charge in [0.2, 0.25) is 23.5 Å². The Balaban J connectivity index is 0.00000162. The van der Waals surface area contributed by atoms with Crippen molar-refractivity contribution in [2.24, 2.45) is 28.4 Å². The van der Waals surface area contributed by atoms with Crippen LogP contribution in [-0.2, 0) is 24.0 Å². The van der Waals surface area contributed by atoms with E-state index in [0.29, 0.717) is 24.8 Å². The first-order valence-electron chi connectivity index (χ1n) is 14.8. The number of amides is 6. The second-order valence-corrected chi connectivity index (χ2v) is 14.6. The lowest BCUT2D eigenvalue weighted by molar-refractivity contribution is -0.143. The number of Topliss-reactive ketones (excluding diaryl/α,β-unsaturated/α-hetero) is 1. The molecule has 2 rings (SSSR count). The Morgan fingerprint density at radius 2 is 1.50 bits per heavy atom. The van der Waals surface area contributed by atoms with Gasteiger partial charge in [0.15, 0.2) is 0 Å². The van der Waals surface area contributed by atoms with Crippen LogP contribution < -0.4 is 21.7 Å². The first kappa shape index (κ1) is 36.8. The van der Waals surface area contributed by atoms with Crippen molar-refractivity contribution < 1.29 is 28.8 Å². The van der Waals surface area contributed by atoms with Crippen molar-refractivity contribution in [2.45, 2.75) is 106 Å². The number of carbonyl (C=O) groups is 6. The lowest BCUT2D eigenvalue weighted by Crippen LogP contribution is -2.60. The maximum Gasteiger partial charge on any atom is 0.315 e. The molecule has 0 aromatic carbocycles. The van der Waals surface area contributed by atoms with E-state index in [-0.39, 0.29) is 24.3 Å². The number of hydrogen-bond donors (Lipinski definition) is 4. The lowest BCUT2D eigenvalue weighted by Gasteiger charge is -2.36. The van der Waals surface area contributed by atoms with Crippen molar-refractivity contribution in [3.8, 4) is 0 Å². The van der Waals surface area contributed by atoms with Gasteiger partial charge in [-0.15, -0.1) is 0 Å². The minimum Gasteiger partial charge on any atom is -0.363 e. The van der Waals surface area contributed by atoms with E-state index in [1.807, 2.05) is 6.92 Å². The third-order valence-corrected chi connectivity index (χ3v) is 7.05. The molecule has 1 aliphatic carbocycles. The number of nitrogens with two attached hydrogens (primary N) is 1. The molecule has 0 bridgehead atoms. The predicted octanol–water partition coefficient (Wildman–Crippen LogP) is 1.81. The summed E-state index contributed by atoms with van der Waals surface area (Å²) in [6.45, 7) is 16.1. The topological polar surface area (TPSA) is 171 Å². The molecule has 12 nitrogen and oxygen atoms in total. The number of hydrogen-bond acceptors (Lipinski definition) is 6. The zero-order valence-corrected chi connectivity index (χ0v) is 27.3. The van der Waals surface area contributed by atoms with E-state index in [1.54, 1.807) is 34.9 Å². The van der Waals surface area contributed by atoms with E-state index in [4.69, 9.17) is 5.73 Å². The van der Waals surface area contributed by atoms with E-state index >= 15 is 0 Å². The molecule has 1 heterocycles. The standard InChI is InChI=1S/C25H42N6O6.C5H12/c1-14-10-17(22(35)28-16(19(33)21(26)34)11-15-8-7-9-15)31(13-14)23(36)20(25(2,3)4)29-24(37)27-12-18(32)30(5)6;1-5(2,3)4/h14-17,20H,7-13H2,1-6H3,(H2,26,34)(H,28,35)(H2,27,29,37);1-4H3/t14-,16?,17+,20?;/m1./s1. The van der Waals surface area contributed by atoms with Gasteiger partial charge in [-0.05, 0) is 35.5 Å². The maximum absolute atomic E-state index is 13.7. The average molecular weight is 595 g/mol. The number of ketones is 1. The van der Waals surface area contributed by atoms with Crippen molar-refractivity contribution in [1.29, 1.82) is 0 Å². The SMILES string of the molecule is CC(C)(C)C.C[C@@H]1C[C@@H](C(=O)NC(CC2CCC2)C(=O)C(N)=O)N(C(=O)C(NC(=O)NCC(=O)N(C)C)C(C)(C)C)C1. The molecule has 2 unspecified atom stereocenters. The monoisotopic (exact) mass is 594 g/mol. The number of primary amides is 1. The molecule has 1 saturated heterocycles. The van der Waals surface area contributed by atoms with Crippen molar-refractivity contribution in [1.82, 2.24) is 25.8 Å². The van der Waals surface area contributed by atoms with Crippen LogP contribution in [0.3, 0.4) is 0 Å². The number of likely N-dealkylation sites (tertiary alicyclic amines) is 1. The largest absolute Gasteiger partial charge is 0.363 e. The number of rotatable bonds is 10. The summed E-state index contributed by atoms with van der Waals surface area (Å²) >= 11 is 0. The van der Waals surface area contributed by atoms with Crippen molar-refractivity contribution in [3.63, 3.8) is 0 Å². The molecule has 240 valence electrons. The Kier molecular flexibility index (Phi) is 13.5. The van der Waals surface area contributed by atoms with Crippen LogP contribution in [0.5, 0.6) is 0 Å². The van der Waals surface area contributed by atoms with Crippen LogP contribution in [0.2, 0.25) is 0 Å². The van der Waals surface area contributed by atoms with Gasteiger partial charge < -0.3 is 31.5 Å². The summed E-state index contributed by atoms with van der Waals surface area (Å²) < 4.78 is 0. The van der Waals surface area contributed by atoms with Gasteiger partial charge in [-0.25, -0.2) is 4.79 Å². The molecule has 0 spiro atoms. The van der Waals surface area contributed by atoms with Crippen LogP contribution in [0.25, 0.3) is 0 Å². The number of carbonyl (C=O) groups excluding carboxylic acids is 6. The van der Waals surface area contributed by atoms with Crippen molar-refractivity contribution >= 4 is 35.4 Å². The van der Waals surface area contributed by atoms with Crippen molar-refractivity contribution in [2.75, 3.05) is 27.2 Å². The minimum atomic E-state index is -1.10. The Bertz CT molecular complexity index is 989. The van der Waals surface area contributed by atoms with Crippen LogP contribution in [0.15, 0.2) is 0 Å². The zero-order valence-electron chi connectivity index (χ0n) is 27.3. The van der Waals surface area contributed by atoms with Crippen LogP contribution in [0.4, 0.5) is 4.79 Å². The second-order valence-electron chi connectivity index (χ2n) is 14.6. The fraction of sp³-hybridized carbons (Fsp3) is 0.800. The average Bonchev–Trinajstić information content (AvgIpc) is 3.21. The predicted molar refractivity (Wildman–Crippen MR) is 161 cm³/mol. The number of likely N-dealkylation sites (N-methyl/N-ethyl adjacent to an activating group) is 1. The van der Waals surface area contributed by atoms with Gasteiger partial charge in [0.05, 0.1) is 12.6 Å². The van der Waals surface area contributed by atoms with E-state index in [9.17, 15) is 28.8 Å². The first-order chi connectivity index (χ1) is 19.1. The highest BCUT2D eigenvalue weighted by Gasteiger charge is 2.44. The summed E-state index contributed by atoms with van der Waals surface area (Å²) in [5, 5.41) is 7.80. The Hall–Kier alpha value is -3.18. The molecule has 0 radical (unpaired) electrons. The summed E-state index contributed by atoms with van der Waals surface area (Å²) in [4.78, 5) is 78.1. The fourth-order valence-electron chi connectivity index (χ4n) is 4.58. The molecule has 6 amide bonds. The molecule has 5 N–H and O–H groups in total. The molecular formula is C30H54N6O6. The Morgan fingerprint density at radius 3 is 1.93 bits per heavy atom. The molecular weight excluding hydrogens is 540 g/mol. The van der Waals surface area contributed by atoms with Crippen molar-refractivity contribution in [3.05, 3.63) is 0 Å². The maximum atomic E-state index is 13.7. The molecule has 4 atom stereocenters. The third-order valence-electron chi connectivity index (χ3n) is 7.05. The number of nitrogens with zero attached hydrogens (tertiary/aromatic N) is 2. The molecule has 1 aliphatic heterocycles. The van der Waals surface area contributed by atoms with Crippen LogP contribution in [-0.4, -0.2) is 90.6 Å². The second kappa shape index (κ2) is 15.3. The smallest absolute Gasteiger partial charge is 0.315 e. The highest BCUT2D eigenvalue weighted by molar-refractivity contribution is 6.37. The molecule has 12 heteroatoms. The van der Waals surface area contributed by atoms with Gasteiger partial charge in [0.25, 0.3) is 5.91 Å². The number of urea groups is 1. The van der Waals surface area contributed by atoms with Gasteiger partial charge in [0.1, 0.15) is 12.1 Å². The molecule has 1 saturated carbocycles. The van der Waals surface area contributed by atoms with Gasteiger partial charge in [-0.2, -0.15) is 0 Å². The summed E-state index contributed by atoms with van der Waals surface area (Å²) in [6, 6.07) is -3.55. The summed E-state index contributed by atoms with van der Waals surface area (Å²) in [5.74, 6) is -2.98. The number of nitrogens with one attached hydrogen (secondary N) is 3. The van der Waals surface area contributed by atoms with Gasteiger partial charge in [-0.1, -0.05) is 74.7 Å². The first-order valence-corrected chi connectivity index (χ1v) is 14.8. The highest BCUT2D eigenvalue weighted by atomic mass is 16.2. The quantitative estimate of drug-likeness (QED) is 0.281. The fourth-order valence-corrected chi connectivity index (χ4v) is 4.58. The molecule has 42 heavy (non-hydrogen) atoms.